The van der Waals surface area contributed by atoms with E-state index in [9.17, 15) is 0 Å². The fraction of sp³-hybridized carbons (Fsp3) is 0.455. The Morgan fingerprint density at radius 2 is 2.21 bits per heavy atom. The number of ether oxygens (including phenoxy) is 1. The number of methoxy groups -OCH3 is 1. The smallest absolute Gasteiger partial charge is 0.134 e. The van der Waals surface area contributed by atoms with E-state index in [-0.39, 0.29) is 0 Å². The van der Waals surface area contributed by atoms with Crippen LogP contribution in [0.1, 0.15) is 19.3 Å². The highest BCUT2D eigenvalue weighted by Gasteiger charge is 2.20. The molecule has 2 N–H and O–H groups in total. The molecule has 1 aromatic carbocycles. The molecular weight excluding hydrogens is 194 g/mol. The van der Waals surface area contributed by atoms with Crippen molar-refractivity contribution < 1.29 is 4.74 Å². The van der Waals surface area contributed by atoms with Crippen molar-refractivity contribution in [2.45, 2.75) is 29.4 Å². The maximum Gasteiger partial charge on any atom is 0.134 e. The lowest BCUT2D eigenvalue weighted by atomic mass is 10.0. The molecule has 0 amide bonds. The third-order valence-corrected chi connectivity index (χ3v) is 3.93. The second-order valence-corrected chi connectivity index (χ2v) is 4.92. The number of nitrogen functional groups attached to an aromatic ring is 1. The van der Waals surface area contributed by atoms with Gasteiger partial charge in [0.2, 0.25) is 0 Å². The van der Waals surface area contributed by atoms with Crippen LogP contribution in [0.15, 0.2) is 23.1 Å². The van der Waals surface area contributed by atoms with Crippen molar-refractivity contribution in [1.29, 1.82) is 0 Å². The Balaban J connectivity index is 2.14. The van der Waals surface area contributed by atoms with Crippen LogP contribution in [-0.4, -0.2) is 12.4 Å². The number of benzene rings is 1. The molecule has 1 saturated carbocycles. The Labute approximate surface area is 88.8 Å². The van der Waals surface area contributed by atoms with Crippen LogP contribution in [0.2, 0.25) is 0 Å². The molecule has 2 rings (SSSR count). The fourth-order valence-electron chi connectivity index (χ4n) is 1.45. The fourth-order valence-corrected chi connectivity index (χ4v) is 2.78. The number of thioether (sulfide) groups is 1. The number of rotatable bonds is 3. The van der Waals surface area contributed by atoms with Crippen molar-refractivity contribution in [1.82, 2.24) is 0 Å². The minimum Gasteiger partial charge on any atom is -0.496 e. The van der Waals surface area contributed by atoms with Crippen LogP contribution >= 0.6 is 11.8 Å². The zero-order valence-electron chi connectivity index (χ0n) is 8.32. The molecule has 3 heteroatoms. The molecule has 0 radical (unpaired) electrons. The first-order chi connectivity index (χ1) is 6.79. The van der Waals surface area contributed by atoms with Crippen LogP contribution in [0.25, 0.3) is 0 Å². The van der Waals surface area contributed by atoms with Crippen LogP contribution in [0.3, 0.4) is 0 Å². The summed E-state index contributed by atoms with van der Waals surface area (Å²) in [6.07, 6.45) is 4.03. The maximum absolute atomic E-state index is 5.69. The van der Waals surface area contributed by atoms with Crippen molar-refractivity contribution in [3.8, 4) is 5.75 Å². The van der Waals surface area contributed by atoms with Gasteiger partial charge in [0, 0.05) is 21.9 Å². The van der Waals surface area contributed by atoms with Gasteiger partial charge in [0.05, 0.1) is 7.11 Å². The Morgan fingerprint density at radius 1 is 1.43 bits per heavy atom. The van der Waals surface area contributed by atoms with E-state index in [0.29, 0.717) is 0 Å². The van der Waals surface area contributed by atoms with E-state index in [4.69, 9.17) is 10.5 Å². The van der Waals surface area contributed by atoms with Gasteiger partial charge in [-0.2, -0.15) is 0 Å². The zero-order valence-corrected chi connectivity index (χ0v) is 9.14. The maximum atomic E-state index is 5.69. The van der Waals surface area contributed by atoms with E-state index in [2.05, 4.69) is 6.07 Å². The number of nitrogens with two attached hydrogens (primary N) is 1. The summed E-state index contributed by atoms with van der Waals surface area (Å²) in [5.74, 6) is 0.905. The molecule has 14 heavy (non-hydrogen) atoms. The lowest BCUT2D eigenvalue weighted by Crippen LogP contribution is -2.12. The van der Waals surface area contributed by atoms with Crippen molar-refractivity contribution >= 4 is 17.4 Å². The summed E-state index contributed by atoms with van der Waals surface area (Å²) in [6.45, 7) is 0. The van der Waals surface area contributed by atoms with E-state index < -0.39 is 0 Å². The molecule has 0 bridgehead atoms. The normalized spacial score (nSPS) is 16.4. The lowest BCUT2D eigenvalue weighted by Gasteiger charge is -2.25. The van der Waals surface area contributed by atoms with Gasteiger partial charge in [0.1, 0.15) is 5.75 Å². The topological polar surface area (TPSA) is 35.2 Å². The summed E-state index contributed by atoms with van der Waals surface area (Å²) >= 11 is 1.91. The van der Waals surface area contributed by atoms with Crippen LogP contribution in [0.4, 0.5) is 5.69 Å². The molecule has 1 fully saturated rings. The van der Waals surface area contributed by atoms with Gasteiger partial charge in [-0.3, -0.25) is 0 Å². The van der Waals surface area contributed by atoms with Crippen molar-refractivity contribution in [3.63, 3.8) is 0 Å². The summed E-state index contributed by atoms with van der Waals surface area (Å²) in [5, 5.41) is 0.785. The van der Waals surface area contributed by atoms with Crippen molar-refractivity contribution in [2.24, 2.45) is 0 Å². The minimum atomic E-state index is 0.764. The number of hydrogen-bond acceptors (Lipinski definition) is 3. The predicted molar refractivity (Wildman–Crippen MR) is 60.9 cm³/mol. The minimum absolute atomic E-state index is 0.764. The molecular formula is C11H15NOS. The monoisotopic (exact) mass is 209 g/mol. The summed E-state index contributed by atoms with van der Waals surface area (Å²) in [6, 6.07) is 5.88. The molecule has 0 saturated heterocycles. The zero-order chi connectivity index (χ0) is 9.97. The average molecular weight is 209 g/mol. The van der Waals surface area contributed by atoms with E-state index in [1.807, 2.05) is 23.9 Å². The molecule has 2 nitrogen and oxygen atoms in total. The van der Waals surface area contributed by atoms with Crippen molar-refractivity contribution in [3.05, 3.63) is 18.2 Å². The Morgan fingerprint density at radius 3 is 2.79 bits per heavy atom. The first-order valence-electron chi connectivity index (χ1n) is 4.90. The van der Waals surface area contributed by atoms with Gasteiger partial charge < -0.3 is 10.5 Å². The molecule has 0 heterocycles. The molecule has 1 aliphatic rings. The largest absolute Gasteiger partial charge is 0.496 e. The van der Waals surface area contributed by atoms with Gasteiger partial charge in [-0.15, -0.1) is 11.8 Å². The van der Waals surface area contributed by atoms with Gasteiger partial charge in [0.25, 0.3) is 0 Å². The van der Waals surface area contributed by atoms with E-state index >= 15 is 0 Å². The van der Waals surface area contributed by atoms with Crippen LogP contribution in [0.5, 0.6) is 5.75 Å². The molecule has 0 aliphatic heterocycles. The van der Waals surface area contributed by atoms with Crippen LogP contribution in [-0.2, 0) is 0 Å². The van der Waals surface area contributed by atoms with Crippen molar-refractivity contribution in [2.75, 3.05) is 12.8 Å². The summed E-state index contributed by atoms with van der Waals surface area (Å²) in [4.78, 5) is 1.21. The molecule has 0 atom stereocenters. The molecule has 1 aliphatic carbocycles. The lowest BCUT2D eigenvalue weighted by molar-refractivity contribution is 0.404. The van der Waals surface area contributed by atoms with Gasteiger partial charge in [0.15, 0.2) is 0 Å². The Bertz CT molecular complexity index is 323. The summed E-state index contributed by atoms with van der Waals surface area (Å²) in [5.41, 5.74) is 6.45. The number of hydrogen-bond donors (Lipinski definition) is 1. The first-order valence-corrected chi connectivity index (χ1v) is 5.78. The van der Waals surface area contributed by atoms with E-state index in [1.165, 1.54) is 24.2 Å². The highest BCUT2D eigenvalue weighted by Crippen LogP contribution is 2.40. The third kappa shape index (κ3) is 1.98. The van der Waals surface area contributed by atoms with Gasteiger partial charge >= 0.3 is 0 Å². The molecule has 1 aromatic rings. The number of anilines is 1. The molecule has 0 aromatic heterocycles. The summed E-state index contributed by atoms with van der Waals surface area (Å²) < 4.78 is 5.29. The highest BCUT2D eigenvalue weighted by molar-refractivity contribution is 8.00. The molecule has 0 spiro atoms. The SMILES string of the molecule is COc1cc(N)ccc1SC1CCC1. The highest BCUT2D eigenvalue weighted by atomic mass is 32.2. The van der Waals surface area contributed by atoms with Gasteiger partial charge in [-0.25, -0.2) is 0 Å². The Hall–Kier alpha value is -0.830. The summed E-state index contributed by atoms with van der Waals surface area (Å²) in [7, 11) is 1.69. The van der Waals surface area contributed by atoms with E-state index in [0.717, 1.165) is 16.7 Å². The standard InChI is InChI=1S/C11H15NOS/c1-13-10-7-8(12)5-6-11(10)14-9-3-2-4-9/h5-7,9H,2-4,12H2,1H3. The Kier molecular flexibility index (Phi) is 2.87. The average Bonchev–Trinajstić information content (AvgIpc) is 2.13. The van der Waals surface area contributed by atoms with E-state index in [1.54, 1.807) is 7.11 Å². The second kappa shape index (κ2) is 4.13. The van der Waals surface area contributed by atoms with Gasteiger partial charge in [-0.1, -0.05) is 6.42 Å². The van der Waals surface area contributed by atoms with Crippen LogP contribution in [0, 0.1) is 0 Å². The molecule has 76 valence electrons. The molecule has 0 unspecified atom stereocenters. The third-order valence-electron chi connectivity index (χ3n) is 2.53. The van der Waals surface area contributed by atoms with Gasteiger partial charge in [-0.05, 0) is 25.0 Å². The predicted octanol–water partition coefficient (Wildman–Crippen LogP) is 2.92. The van der Waals surface area contributed by atoms with Crippen LogP contribution < -0.4 is 10.5 Å². The first kappa shape index (κ1) is 9.71. The second-order valence-electron chi connectivity index (χ2n) is 3.58. The quantitative estimate of drug-likeness (QED) is 0.777.